The van der Waals surface area contributed by atoms with Crippen LogP contribution in [-0.2, 0) is 6.42 Å². The Labute approximate surface area is 108 Å². The number of ketones is 1. The molecule has 1 aliphatic carbocycles. The molecule has 0 atom stereocenters. The lowest BCUT2D eigenvalue weighted by molar-refractivity contribution is 0.105. The number of rotatable bonds is 2. The van der Waals surface area contributed by atoms with Gasteiger partial charge in [0, 0.05) is 11.0 Å². The highest BCUT2D eigenvalue weighted by Crippen LogP contribution is 2.30. The molecule has 1 aliphatic rings. The zero-order valence-corrected chi connectivity index (χ0v) is 10.2. The van der Waals surface area contributed by atoms with E-state index in [0.717, 1.165) is 17.5 Å². The van der Waals surface area contributed by atoms with E-state index >= 15 is 0 Å². The number of allylic oxidation sites excluding steroid dienone is 2. The molecule has 2 aromatic rings. The van der Waals surface area contributed by atoms with Crippen LogP contribution in [0.3, 0.4) is 0 Å². The van der Waals surface area contributed by atoms with Gasteiger partial charge in [-0.25, -0.2) is 4.98 Å². The minimum absolute atomic E-state index is 0.0912. The van der Waals surface area contributed by atoms with E-state index in [1.54, 1.807) is 5.38 Å². The van der Waals surface area contributed by atoms with Crippen LogP contribution >= 0.6 is 11.3 Å². The van der Waals surface area contributed by atoms with Gasteiger partial charge in [-0.3, -0.25) is 4.79 Å². The van der Waals surface area contributed by atoms with E-state index in [-0.39, 0.29) is 5.78 Å². The molecule has 0 radical (unpaired) electrons. The number of nitrogens with zero attached hydrogens (tertiary/aromatic N) is 2. The molecule has 1 heterocycles. The van der Waals surface area contributed by atoms with Crippen molar-refractivity contribution in [1.29, 1.82) is 5.26 Å². The highest BCUT2D eigenvalue weighted by atomic mass is 32.1. The molecule has 86 valence electrons. The Morgan fingerprint density at radius 1 is 1.39 bits per heavy atom. The fourth-order valence-corrected chi connectivity index (χ4v) is 2.74. The second kappa shape index (κ2) is 4.21. The zero-order chi connectivity index (χ0) is 12.5. The number of hydrogen-bond donors (Lipinski definition) is 0. The van der Waals surface area contributed by atoms with Crippen molar-refractivity contribution in [2.45, 2.75) is 6.42 Å². The van der Waals surface area contributed by atoms with Crippen LogP contribution in [0.15, 0.2) is 35.7 Å². The number of aromatic nitrogens is 1. The molecule has 4 heteroatoms. The number of hydrogen-bond acceptors (Lipinski definition) is 4. The van der Waals surface area contributed by atoms with E-state index in [2.05, 4.69) is 4.98 Å². The number of benzene rings is 1. The van der Waals surface area contributed by atoms with Gasteiger partial charge in [0.05, 0.1) is 0 Å². The van der Waals surface area contributed by atoms with Crippen molar-refractivity contribution in [3.63, 3.8) is 0 Å². The smallest absolute Gasteiger partial charge is 0.221 e. The summed E-state index contributed by atoms with van der Waals surface area (Å²) in [6.45, 7) is 0. The first-order chi connectivity index (χ1) is 8.79. The largest absolute Gasteiger partial charge is 0.286 e. The van der Waals surface area contributed by atoms with Gasteiger partial charge in [-0.15, -0.1) is 11.3 Å². The van der Waals surface area contributed by atoms with Crippen molar-refractivity contribution >= 4 is 22.7 Å². The third kappa shape index (κ3) is 1.66. The summed E-state index contributed by atoms with van der Waals surface area (Å²) in [6, 6.07) is 9.81. The van der Waals surface area contributed by atoms with Crippen LogP contribution in [0.2, 0.25) is 0 Å². The Balaban J connectivity index is 1.98. The molecule has 0 bridgehead atoms. The number of fused-ring (bicyclic) bond motifs is 1. The first-order valence-electron chi connectivity index (χ1n) is 5.48. The summed E-state index contributed by atoms with van der Waals surface area (Å²) in [5, 5.41) is 10.7. The highest BCUT2D eigenvalue weighted by molar-refractivity contribution is 7.12. The summed E-state index contributed by atoms with van der Waals surface area (Å²) >= 11 is 1.22. The first-order valence-corrected chi connectivity index (χ1v) is 6.36. The van der Waals surface area contributed by atoms with Crippen molar-refractivity contribution in [3.05, 3.63) is 57.6 Å². The van der Waals surface area contributed by atoms with E-state index in [9.17, 15) is 4.79 Å². The molecule has 0 amide bonds. The van der Waals surface area contributed by atoms with Crippen molar-refractivity contribution < 1.29 is 4.79 Å². The van der Waals surface area contributed by atoms with Crippen LogP contribution in [0.5, 0.6) is 0 Å². The minimum Gasteiger partial charge on any atom is -0.286 e. The van der Waals surface area contributed by atoms with Gasteiger partial charge >= 0.3 is 0 Å². The van der Waals surface area contributed by atoms with E-state index < -0.39 is 0 Å². The standard InChI is InChI=1S/C14H8N2OS/c15-7-10-8-18-14(16-10)13(17)12-6-5-9-3-1-2-4-11(9)12/h1-4,6,8H,5H2. The van der Waals surface area contributed by atoms with Gasteiger partial charge in [0.15, 0.2) is 10.7 Å². The van der Waals surface area contributed by atoms with Crippen LogP contribution in [0.4, 0.5) is 0 Å². The molecule has 0 spiro atoms. The molecule has 1 aromatic carbocycles. The topological polar surface area (TPSA) is 53.8 Å². The van der Waals surface area contributed by atoms with E-state index in [1.165, 1.54) is 11.3 Å². The van der Waals surface area contributed by atoms with Crippen molar-refractivity contribution in [1.82, 2.24) is 4.98 Å². The molecule has 3 nitrogen and oxygen atoms in total. The zero-order valence-electron chi connectivity index (χ0n) is 9.38. The Morgan fingerprint density at radius 2 is 2.22 bits per heavy atom. The molecular formula is C14H8N2OS. The van der Waals surface area contributed by atoms with Gasteiger partial charge in [-0.2, -0.15) is 5.26 Å². The summed E-state index contributed by atoms with van der Waals surface area (Å²) in [5.74, 6) is -0.0912. The maximum absolute atomic E-state index is 12.3. The summed E-state index contributed by atoms with van der Waals surface area (Å²) < 4.78 is 0. The third-order valence-electron chi connectivity index (χ3n) is 2.89. The van der Waals surface area contributed by atoms with E-state index in [4.69, 9.17) is 5.26 Å². The van der Waals surface area contributed by atoms with E-state index in [1.807, 2.05) is 36.4 Å². The third-order valence-corrected chi connectivity index (χ3v) is 3.73. The lowest BCUT2D eigenvalue weighted by Gasteiger charge is -2.02. The summed E-state index contributed by atoms with van der Waals surface area (Å²) in [7, 11) is 0. The molecule has 0 saturated carbocycles. The maximum Gasteiger partial charge on any atom is 0.221 e. The van der Waals surface area contributed by atoms with Crippen LogP contribution in [0.1, 0.15) is 26.6 Å². The summed E-state index contributed by atoms with van der Waals surface area (Å²) in [5.41, 5.74) is 3.15. The van der Waals surface area contributed by atoms with Crippen molar-refractivity contribution in [2.24, 2.45) is 0 Å². The Kier molecular flexibility index (Phi) is 2.54. The Morgan fingerprint density at radius 3 is 3.00 bits per heavy atom. The second-order valence-corrected chi connectivity index (χ2v) is 4.82. The fraction of sp³-hybridized carbons (Fsp3) is 0.0714. The predicted octanol–water partition coefficient (Wildman–Crippen LogP) is 2.84. The molecular weight excluding hydrogens is 244 g/mol. The average Bonchev–Trinajstić information content (AvgIpc) is 3.04. The van der Waals surface area contributed by atoms with E-state index in [0.29, 0.717) is 16.3 Å². The highest BCUT2D eigenvalue weighted by Gasteiger charge is 2.23. The molecule has 1 aromatic heterocycles. The Bertz CT molecular complexity index is 707. The monoisotopic (exact) mass is 252 g/mol. The van der Waals surface area contributed by atoms with Gasteiger partial charge in [0.1, 0.15) is 6.07 Å². The molecule has 0 aliphatic heterocycles. The molecule has 0 fully saturated rings. The maximum atomic E-state index is 12.3. The Hall–Kier alpha value is -2.25. The summed E-state index contributed by atoms with van der Waals surface area (Å²) in [6.07, 6.45) is 2.72. The fourth-order valence-electron chi connectivity index (χ4n) is 2.04. The van der Waals surface area contributed by atoms with Crippen LogP contribution in [-0.4, -0.2) is 10.8 Å². The molecule has 0 unspecified atom stereocenters. The van der Waals surface area contributed by atoms with Crippen LogP contribution in [0, 0.1) is 11.3 Å². The summed E-state index contributed by atoms with van der Waals surface area (Å²) in [4.78, 5) is 16.3. The molecule has 3 rings (SSSR count). The normalized spacial score (nSPS) is 12.7. The number of nitriles is 1. The minimum atomic E-state index is -0.0912. The molecule has 18 heavy (non-hydrogen) atoms. The lowest BCUT2D eigenvalue weighted by Crippen LogP contribution is -2.01. The van der Waals surface area contributed by atoms with Gasteiger partial charge in [0.25, 0.3) is 0 Å². The van der Waals surface area contributed by atoms with Gasteiger partial charge in [0.2, 0.25) is 5.78 Å². The second-order valence-electron chi connectivity index (χ2n) is 3.96. The average molecular weight is 252 g/mol. The predicted molar refractivity (Wildman–Crippen MR) is 69.3 cm³/mol. The quantitative estimate of drug-likeness (QED) is 0.772. The molecule has 0 saturated heterocycles. The van der Waals surface area contributed by atoms with Crippen molar-refractivity contribution in [3.8, 4) is 6.07 Å². The van der Waals surface area contributed by atoms with Crippen LogP contribution < -0.4 is 0 Å². The number of carbonyl (C=O) groups is 1. The first kappa shape index (κ1) is 10.9. The number of carbonyl (C=O) groups excluding carboxylic acids is 1. The molecule has 0 N–H and O–H groups in total. The number of Topliss-reactive ketones (excluding diaryl/α,β-unsaturated/α-hetero) is 1. The van der Waals surface area contributed by atoms with Gasteiger partial charge in [-0.1, -0.05) is 30.3 Å². The van der Waals surface area contributed by atoms with Crippen LogP contribution in [0.25, 0.3) is 5.57 Å². The SMILES string of the molecule is N#Cc1csc(C(=O)C2=CCc3ccccc32)n1. The number of thiazole rings is 1. The van der Waals surface area contributed by atoms with Gasteiger partial charge in [-0.05, 0) is 17.5 Å². The van der Waals surface area contributed by atoms with Crippen molar-refractivity contribution in [2.75, 3.05) is 0 Å². The van der Waals surface area contributed by atoms with Gasteiger partial charge < -0.3 is 0 Å². The lowest BCUT2D eigenvalue weighted by atomic mass is 10.0.